The van der Waals surface area contributed by atoms with Crippen molar-refractivity contribution in [3.63, 3.8) is 0 Å². The summed E-state index contributed by atoms with van der Waals surface area (Å²) < 4.78 is 7.91. The number of carboxylic acids is 2. The topological polar surface area (TPSA) is 110 Å². The first kappa shape index (κ1) is 27.2. The van der Waals surface area contributed by atoms with Gasteiger partial charge >= 0.3 is 11.9 Å². The molecule has 2 unspecified atom stereocenters. The lowest BCUT2D eigenvalue weighted by atomic mass is 9.96. The molecule has 4 aromatic rings. The van der Waals surface area contributed by atoms with E-state index in [0.717, 1.165) is 16.7 Å². The van der Waals surface area contributed by atoms with Crippen molar-refractivity contribution >= 4 is 18.2 Å². The van der Waals surface area contributed by atoms with Crippen molar-refractivity contribution in [3.05, 3.63) is 114 Å². The van der Waals surface area contributed by atoms with Crippen LogP contribution in [-0.2, 0) is 22.7 Å². The number of para-hydroxylation sites is 1. The van der Waals surface area contributed by atoms with E-state index in [4.69, 9.17) is 9.57 Å². The molecule has 200 valence electrons. The van der Waals surface area contributed by atoms with E-state index in [1.807, 2.05) is 85.8 Å². The number of aromatic nitrogens is 1. The van der Waals surface area contributed by atoms with Crippen molar-refractivity contribution in [2.75, 3.05) is 0 Å². The van der Waals surface area contributed by atoms with E-state index in [1.54, 1.807) is 23.0 Å². The Morgan fingerprint density at radius 1 is 0.923 bits per heavy atom. The van der Waals surface area contributed by atoms with E-state index in [0.29, 0.717) is 17.9 Å². The van der Waals surface area contributed by atoms with Crippen molar-refractivity contribution < 1.29 is 29.4 Å². The molecule has 0 saturated heterocycles. The zero-order valence-corrected chi connectivity index (χ0v) is 21.5. The van der Waals surface area contributed by atoms with Gasteiger partial charge in [-0.2, -0.15) is 0 Å². The van der Waals surface area contributed by atoms with E-state index in [2.05, 4.69) is 5.16 Å². The summed E-state index contributed by atoms with van der Waals surface area (Å²) in [6, 6.07) is 26.1. The maximum Gasteiger partial charge on any atom is 0.337 e. The molecule has 39 heavy (non-hydrogen) atoms. The van der Waals surface area contributed by atoms with Gasteiger partial charge in [0.05, 0.1) is 11.5 Å². The van der Waals surface area contributed by atoms with Crippen LogP contribution in [0.25, 0.3) is 11.1 Å². The minimum Gasteiger partial charge on any atom is -0.481 e. The van der Waals surface area contributed by atoms with Crippen LogP contribution in [0.15, 0.2) is 102 Å². The Hall–Kier alpha value is -4.85. The summed E-state index contributed by atoms with van der Waals surface area (Å²) in [6.45, 7) is 2.11. The molecule has 0 spiro atoms. The van der Waals surface area contributed by atoms with Gasteiger partial charge in [0.1, 0.15) is 12.4 Å². The zero-order valence-electron chi connectivity index (χ0n) is 21.5. The number of benzene rings is 3. The van der Waals surface area contributed by atoms with E-state index in [9.17, 15) is 19.8 Å². The van der Waals surface area contributed by atoms with E-state index >= 15 is 0 Å². The number of ether oxygens (including phenoxy) is 1. The fraction of sp³-hybridized carbons (Fsp3) is 0.194. The smallest absolute Gasteiger partial charge is 0.337 e. The highest BCUT2D eigenvalue weighted by molar-refractivity contribution is 5.96. The molecule has 4 rings (SSSR count). The molecule has 0 aliphatic heterocycles. The van der Waals surface area contributed by atoms with Gasteiger partial charge < -0.3 is 24.4 Å². The monoisotopic (exact) mass is 526 g/mol. The number of hydrogen-bond acceptors (Lipinski definition) is 5. The molecule has 1 heterocycles. The van der Waals surface area contributed by atoms with Gasteiger partial charge in [-0.05, 0) is 42.5 Å². The van der Waals surface area contributed by atoms with Crippen LogP contribution >= 0.6 is 0 Å². The number of aliphatic carboxylic acids is 1. The lowest BCUT2D eigenvalue weighted by molar-refractivity contribution is -0.141. The summed E-state index contributed by atoms with van der Waals surface area (Å²) in [6.07, 6.45) is 4.64. The third-order valence-corrected chi connectivity index (χ3v) is 6.28. The minimum atomic E-state index is -1.03. The van der Waals surface area contributed by atoms with Crippen LogP contribution in [0.5, 0.6) is 5.75 Å². The molecule has 2 N–H and O–H groups in total. The average molecular weight is 527 g/mol. The van der Waals surface area contributed by atoms with Gasteiger partial charge in [-0.1, -0.05) is 84.0 Å². The molecule has 2 atom stereocenters. The number of carboxylic acid groups (broad SMARTS) is 2. The van der Waals surface area contributed by atoms with Crippen LogP contribution in [-0.4, -0.2) is 32.9 Å². The molecule has 0 bridgehead atoms. The maximum absolute atomic E-state index is 12.0. The number of aromatic carboxylic acids is 1. The molecule has 8 heteroatoms. The SMILES string of the molecule is CC(Oc1ccccc1CC(C/C=N/OCc1ccccc1)C(=O)O)n1cc(C(=O)O)c(-c2ccccc2)c1. The number of carbonyl (C=O) groups is 2. The van der Waals surface area contributed by atoms with Crippen LogP contribution in [0.2, 0.25) is 0 Å². The summed E-state index contributed by atoms with van der Waals surface area (Å²) in [7, 11) is 0. The van der Waals surface area contributed by atoms with Gasteiger partial charge in [0.2, 0.25) is 0 Å². The van der Waals surface area contributed by atoms with E-state index in [-0.39, 0.29) is 18.4 Å². The molecular weight excluding hydrogens is 496 g/mol. The maximum atomic E-state index is 12.0. The molecule has 0 radical (unpaired) electrons. The molecule has 1 aromatic heterocycles. The molecule has 3 aromatic carbocycles. The Labute approximate surface area is 226 Å². The number of oxime groups is 1. The van der Waals surface area contributed by atoms with Crippen LogP contribution in [0.4, 0.5) is 0 Å². The zero-order chi connectivity index (χ0) is 27.6. The lowest BCUT2D eigenvalue weighted by Gasteiger charge is -2.20. The van der Waals surface area contributed by atoms with Crippen LogP contribution < -0.4 is 4.74 Å². The highest BCUT2D eigenvalue weighted by atomic mass is 16.6. The highest BCUT2D eigenvalue weighted by Gasteiger charge is 2.21. The summed E-state index contributed by atoms with van der Waals surface area (Å²) in [5.74, 6) is -2.18. The molecule has 0 aliphatic rings. The number of rotatable bonds is 13. The standard InChI is InChI=1S/C31H30N2O6/c1-22(33-19-27(28(20-33)31(36)37)24-12-6-3-7-13-24)39-29-15-9-8-14-25(29)18-26(30(34)35)16-17-32-38-21-23-10-4-2-5-11-23/h2-15,17,19-20,22,26H,16,18,21H2,1H3,(H,34,35)(H,36,37)/b32-17+. The fourth-order valence-electron chi connectivity index (χ4n) is 4.18. The van der Waals surface area contributed by atoms with Gasteiger partial charge in [-0.3, -0.25) is 4.79 Å². The Morgan fingerprint density at radius 2 is 1.59 bits per heavy atom. The minimum absolute atomic E-state index is 0.171. The van der Waals surface area contributed by atoms with Gasteiger partial charge in [0, 0.05) is 24.2 Å². The summed E-state index contributed by atoms with van der Waals surface area (Å²) in [4.78, 5) is 29.2. The fourth-order valence-corrected chi connectivity index (χ4v) is 4.18. The van der Waals surface area contributed by atoms with Crippen LogP contribution in [0, 0.1) is 5.92 Å². The second-order valence-electron chi connectivity index (χ2n) is 9.05. The van der Waals surface area contributed by atoms with Gasteiger partial charge in [-0.25, -0.2) is 4.79 Å². The predicted octanol–water partition coefficient (Wildman–Crippen LogP) is 6.29. The van der Waals surface area contributed by atoms with Gasteiger partial charge in [0.25, 0.3) is 0 Å². The molecule has 8 nitrogen and oxygen atoms in total. The second-order valence-corrected chi connectivity index (χ2v) is 9.05. The average Bonchev–Trinajstić information content (AvgIpc) is 3.40. The molecule has 0 amide bonds. The Morgan fingerprint density at radius 3 is 2.28 bits per heavy atom. The second kappa shape index (κ2) is 13.1. The summed E-state index contributed by atoms with van der Waals surface area (Å²) in [5.41, 5.74) is 3.25. The predicted molar refractivity (Wildman–Crippen MR) is 148 cm³/mol. The van der Waals surface area contributed by atoms with Crippen LogP contribution in [0.1, 0.15) is 41.1 Å². The van der Waals surface area contributed by atoms with Gasteiger partial charge in [0.15, 0.2) is 6.23 Å². The third kappa shape index (κ3) is 7.35. The largest absolute Gasteiger partial charge is 0.481 e. The number of hydrogen-bond donors (Lipinski definition) is 2. The molecule has 0 saturated carbocycles. The van der Waals surface area contributed by atoms with Crippen molar-refractivity contribution in [1.82, 2.24) is 4.57 Å². The first-order valence-electron chi connectivity index (χ1n) is 12.6. The van der Waals surface area contributed by atoms with E-state index in [1.165, 1.54) is 6.21 Å². The summed E-state index contributed by atoms with van der Waals surface area (Å²) >= 11 is 0. The normalized spacial score (nSPS) is 12.6. The Balaban J connectivity index is 1.44. The van der Waals surface area contributed by atoms with Crippen molar-refractivity contribution in [2.45, 2.75) is 32.6 Å². The van der Waals surface area contributed by atoms with Gasteiger partial charge in [-0.15, -0.1) is 0 Å². The van der Waals surface area contributed by atoms with Crippen LogP contribution in [0.3, 0.4) is 0 Å². The molecule has 0 aliphatic carbocycles. The first-order valence-corrected chi connectivity index (χ1v) is 12.6. The van der Waals surface area contributed by atoms with Crippen molar-refractivity contribution in [2.24, 2.45) is 11.1 Å². The Kier molecular flexibility index (Phi) is 9.13. The Bertz CT molecular complexity index is 1420. The van der Waals surface area contributed by atoms with Crippen molar-refractivity contribution in [1.29, 1.82) is 0 Å². The number of nitrogens with zero attached hydrogens (tertiary/aromatic N) is 2. The third-order valence-electron chi connectivity index (χ3n) is 6.28. The first-order chi connectivity index (χ1) is 18.9. The highest BCUT2D eigenvalue weighted by Crippen LogP contribution is 2.30. The molecule has 0 fully saturated rings. The quantitative estimate of drug-likeness (QED) is 0.157. The van der Waals surface area contributed by atoms with E-state index < -0.39 is 24.1 Å². The lowest BCUT2D eigenvalue weighted by Crippen LogP contribution is -2.18. The molecular formula is C31H30N2O6. The van der Waals surface area contributed by atoms with Crippen molar-refractivity contribution in [3.8, 4) is 16.9 Å². The summed E-state index contributed by atoms with van der Waals surface area (Å²) in [5, 5.41) is 23.5.